The molecule has 0 unspecified atom stereocenters. The third-order valence-corrected chi connectivity index (χ3v) is 7.62. The molecule has 32 heavy (non-hydrogen) atoms. The normalized spacial score (nSPS) is 24.5. The number of amides is 1. The van der Waals surface area contributed by atoms with Crippen molar-refractivity contribution in [2.45, 2.75) is 64.1 Å². The number of benzene rings is 1. The number of carbonyl (C=O) groups excluding carboxylic acids is 1. The van der Waals surface area contributed by atoms with E-state index < -0.39 is 6.29 Å². The van der Waals surface area contributed by atoms with Crippen molar-refractivity contribution in [2.75, 3.05) is 26.3 Å². The lowest BCUT2D eigenvalue weighted by molar-refractivity contribution is -0.170. The summed E-state index contributed by atoms with van der Waals surface area (Å²) in [5, 5.41) is 12.9. The van der Waals surface area contributed by atoms with E-state index in [4.69, 9.17) is 9.47 Å². The van der Waals surface area contributed by atoms with Crippen molar-refractivity contribution in [3.63, 3.8) is 0 Å². The van der Waals surface area contributed by atoms with Crippen LogP contribution in [0.15, 0.2) is 41.5 Å². The lowest BCUT2D eigenvalue weighted by Crippen LogP contribution is -2.41. The van der Waals surface area contributed by atoms with Crippen molar-refractivity contribution in [1.29, 1.82) is 0 Å². The predicted molar refractivity (Wildman–Crippen MR) is 129 cm³/mol. The molecule has 1 fully saturated rings. The van der Waals surface area contributed by atoms with Crippen LogP contribution in [0.5, 0.6) is 0 Å². The SMILES string of the molecule is CCO[C@H]1OC(C(=O)N2CCCCCCC2)=C[C@@H](c2csc3ccccc23)[C@@H]1CCCO. The van der Waals surface area contributed by atoms with Crippen molar-refractivity contribution in [3.8, 4) is 0 Å². The lowest BCUT2D eigenvalue weighted by atomic mass is 9.80. The van der Waals surface area contributed by atoms with Gasteiger partial charge < -0.3 is 19.5 Å². The molecule has 4 rings (SSSR count). The molecule has 174 valence electrons. The van der Waals surface area contributed by atoms with E-state index in [9.17, 15) is 9.90 Å². The van der Waals surface area contributed by atoms with Crippen molar-refractivity contribution in [2.24, 2.45) is 5.92 Å². The smallest absolute Gasteiger partial charge is 0.288 e. The van der Waals surface area contributed by atoms with E-state index in [1.807, 2.05) is 17.9 Å². The summed E-state index contributed by atoms with van der Waals surface area (Å²) in [6, 6.07) is 8.42. The van der Waals surface area contributed by atoms with Gasteiger partial charge in [0.1, 0.15) is 0 Å². The summed E-state index contributed by atoms with van der Waals surface area (Å²) in [6.07, 6.45) is 8.71. The molecule has 1 aromatic heterocycles. The van der Waals surface area contributed by atoms with Crippen molar-refractivity contribution in [1.82, 2.24) is 4.90 Å². The molecule has 6 heteroatoms. The molecule has 0 bridgehead atoms. The number of aliphatic hydroxyl groups is 1. The summed E-state index contributed by atoms with van der Waals surface area (Å²) in [7, 11) is 0. The molecule has 5 nitrogen and oxygen atoms in total. The molecule has 0 spiro atoms. The molecule has 2 aliphatic rings. The molecule has 1 N–H and O–H groups in total. The summed E-state index contributed by atoms with van der Waals surface area (Å²) in [5.74, 6) is 0.465. The average molecular weight is 458 g/mol. The van der Waals surface area contributed by atoms with E-state index in [0.717, 1.165) is 32.4 Å². The van der Waals surface area contributed by atoms with Gasteiger partial charge in [-0.2, -0.15) is 0 Å². The number of hydrogen-bond donors (Lipinski definition) is 1. The van der Waals surface area contributed by atoms with Gasteiger partial charge in [0.15, 0.2) is 5.76 Å². The minimum Gasteiger partial charge on any atom is -0.459 e. The fourth-order valence-electron chi connectivity index (χ4n) is 4.98. The highest BCUT2D eigenvalue weighted by molar-refractivity contribution is 7.17. The Morgan fingerprint density at radius 2 is 1.94 bits per heavy atom. The second-order valence-electron chi connectivity index (χ2n) is 8.78. The van der Waals surface area contributed by atoms with Gasteiger partial charge >= 0.3 is 0 Å². The van der Waals surface area contributed by atoms with Crippen LogP contribution in [0.25, 0.3) is 10.1 Å². The molecular formula is C26H35NO4S. The summed E-state index contributed by atoms with van der Waals surface area (Å²) in [6.45, 7) is 4.19. The first-order valence-electron chi connectivity index (χ1n) is 12.1. The lowest BCUT2D eigenvalue weighted by Gasteiger charge is -2.38. The second kappa shape index (κ2) is 11.3. The Hall–Kier alpha value is -1.89. The van der Waals surface area contributed by atoms with Gasteiger partial charge in [0.25, 0.3) is 5.91 Å². The fourth-order valence-corrected chi connectivity index (χ4v) is 5.99. The first-order valence-corrected chi connectivity index (χ1v) is 13.0. The van der Waals surface area contributed by atoms with Crippen LogP contribution in [0.4, 0.5) is 0 Å². The molecule has 1 amide bonds. The number of thiophene rings is 1. The molecule has 1 saturated heterocycles. The zero-order valence-electron chi connectivity index (χ0n) is 19.0. The number of aliphatic hydroxyl groups excluding tert-OH is 1. The first-order chi connectivity index (χ1) is 15.7. The minimum absolute atomic E-state index is 0.0108. The van der Waals surface area contributed by atoms with Crippen LogP contribution in [-0.2, 0) is 14.3 Å². The zero-order valence-corrected chi connectivity index (χ0v) is 19.8. The number of rotatable bonds is 7. The predicted octanol–water partition coefficient (Wildman–Crippen LogP) is 5.44. The molecule has 0 radical (unpaired) electrons. The van der Waals surface area contributed by atoms with Crippen molar-refractivity contribution >= 4 is 27.3 Å². The minimum atomic E-state index is -0.492. The summed E-state index contributed by atoms with van der Waals surface area (Å²) in [4.78, 5) is 15.5. The van der Waals surface area contributed by atoms with Crippen LogP contribution in [0.2, 0.25) is 0 Å². The molecule has 2 aromatic rings. The Morgan fingerprint density at radius 3 is 2.69 bits per heavy atom. The Labute approximate surface area is 195 Å². The zero-order chi connectivity index (χ0) is 22.3. The van der Waals surface area contributed by atoms with Gasteiger partial charge in [-0.15, -0.1) is 11.3 Å². The summed E-state index contributed by atoms with van der Waals surface area (Å²) >= 11 is 1.74. The molecule has 0 aliphatic carbocycles. The maximum Gasteiger partial charge on any atom is 0.288 e. The Morgan fingerprint density at radius 1 is 1.19 bits per heavy atom. The van der Waals surface area contributed by atoms with Gasteiger partial charge in [-0.1, -0.05) is 37.5 Å². The van der Waals surface area contributed by atoms with Crippen LogP contribution in [0.1, 0.15) is 63.4 Å². The molecule has 0 saturated carbocycles. The van der Waals surface area contributed by atoms with E-state index in [0.29, 0.717) is 18.8 Å². The molecule has 3 atom stereocenters. The fraction of sp³-hybridized carbons (Fsp3) is 0.577. The Kier molecular flexibility index (Phi) is 8.22. The third-order valence-electron chi connectivity index (χ3n) is 6.64. The summed E-state index contributed by atoms with van der Waals surface area (Å²) in [5.41, 5.74) is 1.22. The van der Waals surface area contributed by atoms with Crippen LogP contribution >= 0.6 is 11.3 Å². The molecular weight excluding hydrogens is 422 g/mol. The van der Waals surface area contributed by atoms with Gasteiger partial charge in [0, 0.05) is 42.8 Å². The highest BCUT2D eigenvalue weighted by atomic mass is 32.1. The van der Waals surface area contributed by atoms with E-state index in [1.165, 1.54) is 34.9 Å². The van der Waals surface area contributed by atoms with Crippen LogP contribution in [-0.4, -0.2) is 48.5 Å². The van der Waals surface area contributed by atoms with Crippen LogP contribution in [0.3, 0.4) is 0 Å². The summed E-state index contributed by atoms with van der Waals surface area (Å²) < 4.78 is 13.5. The maximum absolute atomic E-state index is 13.5. The largest absolute Gasteiger partial charge is 0.459 e. The van der Waals surface area contributed by atoms with Crippen LogP contribution < -0.4 is 0 Å². The monoisotopic (exact) mass is 457 g/mol. The Balaban J connectivity index is 1.70. The standard InChI is InChI=1S/C26H35NO4S/c1-2-30-26-20(12-10-16-28)21(22-18-32-24-13-7-6-11-19(22)24)17-23(31-26)25(29)27-14-8-4-3-5-9-15-27/h6-7,11,13,17-18,20-21,26,28H,2-5,8-10,12,14-16H2,1H3/t20-,21+,26-/m0/s1. The highest BCUT2D eigenvalue weighted by Gasteiger charge is 2.39. The molecule has 2 aliphatic heterocycles. The number of likely N-dealkylation sites (tertiary alicyclic amines) is 1. The van der Waals surface area contributed by atoms with E-state index >= 15 is 0 Å². The van der Waals surface area contributed by atoms with Gasteiger partial charge in [-0.3, -0.25) is 4.79 Å². The molecule has 3 heterocycles. The number of carbonyl (C=O) groups is 1. The first kappa shape index (κ1) is 23.3. The number of hydrogen-bond acceptors (Lipinski definition) is 5. The topological polar surface area (TPSA) is 59.0 Å². The molecule has 1 aromatic carbocycles. The number of fused-ring (bicyclic) bond motifs is 1. The van der Waals surface area contributed by atoms with E-state index in [2.05, 4.69) is 29.6 Å². The highest BCUT2D eigenvalue weighted by Crippen LogP contribution is 2.43. The van der Waals surface area contributed by atoms with Gasteiger partial charge in [-0.25, -0.2) is 0 Å². The van der Waals surface area contributed by atoms with E-state index in [1.54, 1.807) is 11.3 Å². The van der Waals surface area contributed by atoms with E-state index in [-0.39, 0.29) is 24.3 Å². The Bertz CT molecular complexity index is 915. The number of ether oxygens (including phenoxy) is 2. The quantitative estimate of drug-likeness (QED) is 0.601. The van der Waals surface area contributed by atoms with Gasteiger partial charge in [0.2, 0.25) is 6.29 Å². The second-order valence-corrected chi connectivity index (χ2v) is 9.69. The van der Waals surface area contributed by atoms with Gasteiger partial charge in [-0.05, 0) is 61.1 Å². The number of nitrogens with zero attached hydrogens (tertiary/aromatic N) is 1. The van der Waals surface area contributed by atoms with Gasteiger partial charge in [0.05, 0.1) is 0 Å². The van der Waals surface area contributed by atoms with Crippen molar-refractivity contribution in [3.05, 3.63) is 47.0 Å². The third kappa shape index (κ3) is 5.19. The average Bonchev–Trinajstić information content (AvgIpc) is 3.21. The van der Waals surface area contributed by atoms with Crippen molar-refractivity contribution < 1.29 is 19.4 Å². The number of allylic oxidation sites excluding steroid dienone is 1. The maximum atomic E-state index is 13.5. The van der Waals surface area contributed by atoms with Crippen LogP contribution in [0, 0.1) is 5.92 Å².